The van der Waals surface area contributed by atoms with Gasteiger partial charge in [0.05, 0.1) is 12.5 Å². The lowest BCUT2D eigenvalue weighted by Crippen LogP contribution is -2.25. The maximum atomic E-state index is 12.4. The molecule has 3 rings (SSSR count). The topological polar surface area (TPSA) is 58.6 Å². The molecule has 0 fully saturated rings. The van der Waals surface area contributed by atoms with E-state index in [0.717, 1.165) is 17.0 Å². The van der Waals surface area contributed by atoms with E-state index in [0.29, 0.717) is 24.2 Å². The minimum absolute atomic E-state index is 0.0940. The van der Waals surface area contributed by atoms with Crippen molar-refractivity contribution >= 4 is 23.2 Å². The molecule has 5 nitrogen and oxygen atoms in total. The number of ether oxygens (including phenoxy) is 1. The van der Waals surface area contributed by atoms with Gasteiger partial charge >= 0.3 is 0 Å². The first-order valence-electron chi connectivity index (χ1n) is 8.49. The third-order valence-corrected chi connectivity index (χ3v) is 4.08. The Balaban J connectivity index is 1.72. The van der Waals surface area contributed by atoms with Gasteiger partial charge in [0.25, 0.3) is 5.91 Å². The number of hydrogen-bond acceptors (Lipinski definition) is 3. The summed E-state index contributed by atoms with van der Waals surface area (Å²) in [5, 5.41) is 2.89. The Labute approximate surface area is 147 Å². The number of rotatable bonds is 5. The van der Waals surface area contributed by atoms with Gasteiger partial charge in [-0.3, -0.25) is 9.59 Å². The molecule has 0 bridgehead atoms. The zero-order chi connectivity index (χ0) is 18.0. The SMILES string of the molecule is CCN1C(=O)Cc2cc(NC(=O)c3ccc(OC(C)C)cc3)ccc21. The molecule has 0 saturated carbocycles. The highest BCUT2D eigenvalue weighted by Crippen LogP contribution is 2.31. The summed E-state index contributed by atoms with van der Waals surface area (Å²) < 4.78 is 5.58. The summed E-state index contributed by atoms with van der Waals surface area (Å²) in [7, 11) is 0. The molecule has 2 amide bonds. The van der Waals surface area contributed by atoms with E-state index in [4.69, 9.17) is 4.74 Å². The zero-order valence-corrected chi connectivity index (χ0v) is 14.7. The summed E-state index contributed by atoms with van der Waals surface area (Å²) >= 11 is 0. The second kappa shape index (κ2) is 6.97. The third-order valence-electron chi connectivity index (χ3n) is 4.08. The van der Waals surface area contributed by atoms with Gasteiger partial charge < -0.3 is 15.0 Å². The van der Waals surface area contributed by atoms with E-state index < -0.39 is 0 Å². The molecular weight excluding hydrogens is 316 g/mol. The molecule has 0 aromatic heterocycles. The molecule has 0 aliphatic carbocycles. The van der Waals surface area contributed by atoms with E-state index in [-0.39, 0.29) is 17.9 Å². The minimum atomic E-state index is -0.187. The van der Waals surface area contributed by atoms with Crippen LogP contribution < -0.4 is 15.0 Å². The van der Waals surface area contributed by atoms with Crippen LogP contribution in [0, 0.1) is 0 Å². The van der Waals surface area contributed by atoms with Gasteiger partial charge in [-0.05, 0) is 68.8 Å². The summed E-state index contributed by atoms with van der Waals surface area (Å²) in [6.07, 6.45) is 0.477. The average molecular weight is 338 g/mol. The summed E-state index contributed by atoms with van der Waals surface area (Å²) in [6.45, 7) is 6.52. The molecule has 0 unspecified atom stereocenters. The number of benzene rings is 2. The second-order valence-electron chi connectivity index (χ2n) is 6.30. The number of carbonyl (C=O) groups is 2. The van der Waals surface area contributed by atoms with Crippen LogP contribution in [0.3, 0.4) is 0 Å². The van der Waals surface area contributed by atoms with Crippen molar-refractivity contribution in [2.24, 2.45) is 0 Å². The van der Waals surface area contributed by atoms with Crippen LogP contribution in [-0.2, 0) is 11.2 Å². The van der Waals surface area contributed by atoms with E-state index in [1.54, 1.807) is 29.2 Å². The summed E-state index contributed by atoms with van der Waals surface area (Å²) in [4.78, 5) is 26.1. The van der Waals surface area contributed by atoms with Gasteiger partial charge in [-0.15, -0.1) is 0 Å². The number of carbonyl (C=O) groups excluding carboxylic acids is 2. The number of nitrogens with zero attached hydrogens (tertiary/aromatic N) is 1. The van der Waals surface area contributed by atoms with Crippen LogP contribution in [0.5, 0.6) is 5.75 Å². The Morgan fingerprint density at radius 2 is 1.92 bits per heavy atom. The molecule has 2 aromatic rings. The maximum absolute atomic E-state index is 12.4. The Morgan fingerprint density at radius 3 is 2.56 bits per heavy atom. The summed E-state index contributed by atoms with van der Waals surface area (Å²) in [5.41, 5.74) is 3.13. The fourth-order valence-corrected chi connectivity index (χ4v) is 2.97. The lowest BCUT2D eigenvalue weighted by molar-refractivity contribution is -0.117. The van der Waals surface area contributed by atoms with Crippen molar-refractivity contribution in [1.29, 1.82) is 0 Å². The highest BCUT2D eigenvalue weighted by molar-refractivity contribution is 6.06. The quantitative estimate of drug-likeness (QED) is 0.905. The number of likely N-dealkylation sites (N-methyl/N-ethyl adjacent to an activating group) is 1. The van der Waals surface area contributed by atoms with Crippen LogP contribution in [0.25, 0.3) is 0 Å². The first-order valence-corrected chi connectivity index (χ1v) is 8.49. The predicted octanol–water partition coefficient (Wildman–Crippen LogP) is 3.64. The first kappa shape index (κ1) is 17.0. The van der Waals surface area contributed by atoms with E-state index in [2.05, 4.69) is 5.32 Å². The van der Waals surface area contributed by atoms with Gasteiger partial charge in [0.2, 0.25) is 5.91 Å². The van der Waals surface area contributed by atoms with Crippen molar-refractivity contribution in [3.05, 3.63) is 53.6 Å². The standard InChI is InChI=1S/C20H22N2O3/c1-4-22-18-10-7-16(11-15(18)12-19(22)23)21-20(24)14-5-8-17(9-6-14)25-13(2)3/h5-11,13H,4,12H2,1-3H3,(H,21,24). The van der Waals surface area contributed by atoms with Crippen molar-refractivity contribution in [2.75, 3.05) is 16.8 Å². The lowest BCUT2D eigenvalue weighted by atomic mass is 10.1. The lowest BCUT2D eigenvalue weighted by Gasteiger charge is -2.15. The summed E-state index contributed by atoms with van der Waals surface area (Å²) in [5.74, 6) is 0.650. The minimum Gasteiger partial charge on any atom is -0.491 e. The van der Waals surface area contributed by atoms with Gasteiger partial charge in [-0.2, -0.15) is 0 Å². The molecule has 0 saturated heterocycles. The zero-order valence-electron chi connectivity index (χ0n) is 14.7. The van der Waals surface area contributed by atoms with Crippen molar-refractivity contribution < 1.29 is 14.3 Å². The van der Waals surface area contributed by atoms with Crippen LogP contribution in [0.15, 0.2) is 42.5 Å². The van der Waals surface area contributed by atoms with Gasteiger partial charge in [0.1, 0.15) is 5.75 Å². The Bertz CT molecular complexity index is 797. The largest absolute Gasteiger partial charge is 0.491 e. The molecule has 0 spiro atoms. The Kier molecular flexibility index (Phi) is 4.74. The Hall–Kier alpha value is -2.82. The van der Waals surface area contributed by atoms with Crippen molar-refractivity contribution in [2.45, 2.75) is 33.3 Å². The molecule has 25 heavy (non-hydrogen) atoms. The summed E-state index contributed by atoms with van der Waals surface area (Å²) in [6, 6.07) is 12.6. The monoisotopic (exact) mass is 338 g/mol. The van der Waals surface area contributed by atoms with Crippen molar-refractivity contribution in [3.63, 3.8) is 0 Å². The first-order chi connectivity index (χ1) is 12.0. The molecule has 5 heteroatoms. The van der Waals surface area contributed by atoms with Gasteiger partial charge in [0, 0.05) is 23.5 Å². The normalized spacial score (nSPS) is 13.1. The molecule has 2 aromatic carbocycles. The number of amides is 2. The van der Waals surface area contributed by atoms with Crippen LogP contribution in [0.2, 0.25) is 0 Å². The number of fused-ring (bicyclic) bond motifs is 1. The highest BCUT2D eigenvalue weighted by Gasteiger charge is 2.26. The molecule has 0 radical (unpaired) electrons. The molecule has 130 valence electrons. The smallest absolute Gasteiger partial charge is 0.255 e. The van der Waals surface area contributed by atoms with Crippen molar-refractivity contribution in [1.82, 2.24) is 0 Å². The van der Waals surface area contributed by atoms with E-state index >= 15 is 0 Å². The predicted molar refractivity (Wildman–Crippen MR) is 98.3 cm³/mol. The van der Waals surface area contributed by atoms with E-state index in [9.17, 15) is 9.59 Å². The average Bonchev–Trinajstić information content (AvgIpc) is 2.89. The number of nitrogens with one attached hydrogen (secondary N) is 1. The molecule has 1 heterocycles. The number of anilines is 2. The van der Waals surface area contributed by atoms with Crippen LogP contribution in [0.1, 0.15) is 36.7 Å². The molecule has 1 N–H and O–H groups in total. The number of hydrogen-bond donors (Lipinski definition) is 1. The fraction of sp³-hybridized carbons (Fsp3) is 0.300. The van der Waals surface area contributed by atoms with Gasteiger partial charge in [-0.25, -0.2) is 0 Å². The third kappa shape index (κ3) is 3.65. The molecule has 1 aliphatic rings. The van der Waals surface area contributed by atoms with E-state index in [1.807, 2.05) is 39.0 Å². The van der Waals surface area contributed by atoms with Crippen LogP contribution in [0.4, 0.5) is 11.4 Å². The fourth-order valence-electron chi connectivity index (χ4n) is 2.97. The van der Waals surface area contributed by atoms with E-state index in [1.165, 1.54) is 0 Å². The van der Waals surface area contributed by atoms with Crippen LogP contribution in [-0.4, -0.2) is 24.5 Å². The molecule has 1 aliphatic heterocycles. The Morgan fingerprint density at radius 1 is 1.20 bits per heavy atom. The van der Waals surface area contributed by atoms with Crippen molar-refractivity contribution in [3.8, 4) is 5.75 Å². The van der Waals surface area contributed by atoms with Gasteiger partial charge in [0.15, 0.2) is 0 Å². The second-order valence-corrected chi connectivity index (χ2v) is 6.30. The highest BCUT2D eigenvalue weighted by atomic mass is 16.5. The molecular formula is C20H22N2O3. The van der Waals surface area contributed by atoms with Crippen LogP contribution >= 0.6 is 0 Å². The molecule has 0 atom stereocenters. The maximum Gasteiger partial charge on any atom is 0.255 e. The van der Waals surface area contributed by atoms with Gasteiger partial charge in [-0.1, -0.05) is 0 Å².